The Kier molecular flexibility index (Phi) is 11.0. The number of likely N-dealkylation sites (tertiary alicyclic amines) is 1. The number of benzene rings is 1. The first-order chi connectivity index (χ1) is 14.2. The van der Waals surface area contributed by atoms with Crippen LogP contribution in [0.5, 0.6) is 0 Å². The van der Waals surface area contributed by atoms with Gasteiger partial charge in [-0.1, -0.05) is 42.5 Å². The molecule has 0 amide bonds. The smallest absolute Gasteiger partial charge is 0.191 e. The van der Waals surface area contributed by atoms with Gasteiger partial charge in [-0.3, -0.25) is 9.89 Å². The Balaban J connectivity index is 0.00000320. The monoisotopic (exact) mass is 522 g/mol. The van der Waals surface area contributed by atoms with Crippen LogP contribution in [0.1, 0.15) is 31.1 Å². The zero-order chi connectivity index (χ0) is 20.3. The van der Waals surface area contributed by atoms with Crippen molar-refractivity contribution in [1.29, 1.82) is 0 Å². The number of nitrogens with one attached hydrogen (secondary N) is 2. The Morgan fingerprint density at radius 3 is 2.57 bits per heavy atom. The van der Waals surface area contributed by atoms with Crippen LogP contribution in [-0.2, 0) is 12.8 Å². The van der Waals surface area contributed by atoms with Gasteiger partial charge in [-0.15, -0.1) is 24.0 Å². The molecule has 1 aliphatic rings. The molecule has 1 aromatic carbocycles. The summed E-state index contributed by atoms with van der Waals surface area (Å²) in [7, 11) is 0. The van der Waals surface area contributed by atoms with Crippen molar-refractivity contribution in [3.8, 4) is 0 Å². The van der Waals surface area contributed by atoms with Crippen molar-refractivity contribution in [2.24, 2.45) is 4.99 Å². The summed E-state index contributed by atoms with van der Waals surface area (Å²) in [6.07, 6.45) is 5.77. The molecule has 30 heavy (non-hydrogen) atoms. The Hall–Kier alpha value is -1.80. The molecule has 0 bridgehead atoms. The number of piperidine rings is 1. The number of hydrogen-bond acceptors (Lipinski definition) is 3. The van der Waals surface area contributed by atoms with Crippen molar-refractivity contribution in [2.75, 3.05) is 32.7 Å². The molecule has 1 aromatic heterocycles. The summed E-state index contributed by atoms with van der Waals surface area (Å²) >= 11 is 0. The predicted octanol–water partition coefficient (Wildman–Crippen LogP) is 4.26. The molecule has 164 valence electrons. The number of nitrogens with zero attached hydrogens (tertiary/aromatic N) is 2. The third-order valence-corrected chi connectivity index (χ3v) is 5.18. The second-order valence-corrected chi connectivity index (χ2v) is 7.87. The molecule has 0 spiro atoms. The number of halogens is 1. The quantitative estimate of drug-likeness (QED) is 0.224. The fourth-order valence-corrected chi connectivity index (χ4v) is 3.67. The molecule has 5 nitrogen and oxygen atoms in total. The topological polar surface area (TPSA) is 52.8 Å². The van der Waals surface area contributed by atoms with Gasteiger partial charge in [0, 0.05) is 45.2 Å². The molecule has 1 saturated heterocycles. The molecular weight excluding hydrogens is 487 g/mol. The highest BCUT2D eigenvalue weighted by Crippen LogP contribution is 2.11. The first-order valence-corrected chi connectivity index (χ1v) is 10.7. The highest BCUT2D eigenvalue weighted by atomic mass is 127. The van der Waals surface area contributed by atoms with E-state index in [9.17, 15) is 0 Å². The van der Waals surface area contributed by atoms with Gasteiger partial charge >= 0.3 is 0 Å². The summed E-state index contributed by atoms with van der Waals surface area (Å²) in [6.45, 7) is 10.9. The Labute approximate surface area is 198 Å². The van der Waals surface area contributed by atoms with E-state index in [0.29, 0.717) is 12.6 Å². The van der Waals surface area contributed by atoms with Crippen molar-refractivity contribution in [3.05, 3.63) is 72.2 Å². The van der Waals surface area contributed by atoms with E-state index < -0.39 is 0 Å². The number of rotatable bonds is 9. The van der Waals surface area contributed by atoms with E-state index in [1.54, 1.807) is 6.26 Å². The standard InChI is InChI=1S/C24H34N4O.HI/c1-20(2)19-28-16-12-22(13-17-28)27-24(26-15-11-23-9-6-18-29-23)25-14-10-21-7-4-3-5-8-21;/h3-9,18,22H,1,10-17,19H2,2H3,(H2,25,26,27);1H. The maximum Gasteiger partial charge on any atom is 0.191 e. The minimum atomic E-state index is 0. The molecule has 2 heterocycles. The predicted molar refractivity (Wildman–Crippen MR) is 136 cm³/mol. The Bertz CT molecular complexity index is 753. The molecule has 6 heteroatoms. The minimum Gasteiger partial charge on any atom is -0.469 e. The van der Waals surface area contributed by atoms with E-state index in [-0.39, 0.29) is 24.0 Å². The van der Waals surface area contributed by atoms with Crippen LogP contribution in [0.15, 0.2) is 70.3 Å². The summed E-state index contributed by atoms with van der Waals surface area (Å²) in [5.41, 5.74) is 2.57. The molecule has 0 atom stereocenters. The van der Waals surface area contributed by atoms with Crippen LogP contribution in [0, 0.1) is 0 Å². The molecule has 0 saturated carbocycles. The average molecular weight is 522 g/mol. The normalized spacial score (nSPS) is 15.4. The fourth-order valence-electron chi connectivity index (χ4n) is 3.67. The summed E-state index contributed by atoms with van der Waals surface area (Å²) in [6, 6.07) is 15.0. The summed E-state index contributed by atoms with van der Waals surface area (Å²) in [4.78, 5) is 7.28. The van der Waals surface area contributed by atoms with Gasteiger partial charge in [0.25, 0.3) is 0 Å². The summed E-state index contributed by atoms with van der Waals surface area (Å²) in [5.74, 6) is 1.89. The van der Waals surface area contributed by atoms with Gasteiger partial charge in [0.1, 0.15) is 5.76 Å². The Morgan fingerprint density at radius 1 is 1.13 bits per heavy atom. The van der Waals surface area contributed by atoms with Crippen LogP contribution in [-0.4, -0.2) is 49.6 Å². The third kappa shape index (κ3) is 8.92. The number of aliphatic imine (C=N–C) groups is 1. The second-order valence-electron chi connectivity index (χ2n) is 7.87. The van der Waals surface area contributed by atoms with E-state index in [2.05, 4.69) is 59.4 Å². The largest absolute Gasteiger partial charge is 0.469 e. The van der Waals surface area contributed by atoms with Crippen molar-refractivity contribution < 1.29 is 4.42 Å². The van der Waals surface area contributed by atoms with Gasteiger partial charge < -0.3 is 15.1 Å². The van der Waals surface area contributed by atoms with Crippen LogP contribution in [0.3, 0.4) is 0 Å². The van der Waals surface area contributed by atoms with E-state index in [1.165, 1.54) is 11.1 Å². The molecule has 0 aliphatic carbocycles. The lowest BCUT2D eigenvalue weighted by Gasteiger charge is -2.33. The average Bonchev–Trinajstić information content (AvgIpc) is 3.23. The first kappa shape index (κ1) is 24.5. The fraction of sp³-hybridized carbons (Fsp3) is 0.458. The van der Waals surface area contributed by atoms with Crippen molar-refractivity contribution in [1.82, 2.24) is 15.5 Å². The minimum absolute atomic E-state index is 0. The molecule has 3 rings (SSSR count). The zero-order valence-electron chi connectivity index (χ0n) is 18.0. The number of furan rings is 1. The second kappa shape index (κ2) is 13.5. The highest BCUT2D eigenvalue weighted by molar-refractivity contribution is 14.0. The van der Waals surface area contributed by atoms with Crippen LogP contribution in [0.2, 0.25) is 0 Å². The number of guanidine groups is 1. The summed E-state index contributed by atoms with van der Waals surface area (Å²) < 4.78 is 5.42. The summed E-state index contributed by atoms with van der Waals surface area (Å²) in [5, 5.41) is 7.17. The SMILES string of the molecule is C=C(C)CN1CCC(NC(=NCCc2ccco2)NCCc2ccccc2)CC1.I. The molecule has 0 unspecified atom stereocenters. The zero-order valence-corrected chi connectivity index (χ0v) is 20.3. The maximum atomic E-state index is 5.42. The lowest BCUT2D eigenvalue weighted by molar-refractivity contribution is 0.221. The van der Waals surface area contributed by atoms with E-state index in [0.717, 1.165) is 63.6 Å². The Morgan fingerprint density at radius 2 is 1.90 bits per heavy atom. The maximum absolute atomic E-state index is 5.42. The van der Waals surface area contributed by atoms with Crippen LogP contribution < -0.4 is 10.6 Å². The van der Waals surface area contributed by atoms with Crippen LogP contribution in [0.4, 0.5) is 0 Å². The molecule has 1 aliphatic heterocycles. The van der Waals surface area contributed by atoms with E-state index >= 15 is 0 Å². The van der Waals surface area contributed by atoms with Crippen LogP contribution in [0.25, 0.3) is 0 Å². The van der Waals surface area contributed by atoms with E-state index in [4.69, 9.17) is 9.41 Å². The molecule has 1 fully saturated rings. The molecular formula is C24H35IN4O. The lowest BCUT2D eigenvalue weighted by atomic mass is 10.0. The van der Waals surface area contributed by atoms with Gasteiger partial charge in [-0.05, 0) is 43.9 Å². The first-order valence-electron chi connectivity index (χ1n) is 10.7. The molecule has 2 aromatic rings. The van der Waals surface area contributed by atoms with Crippen molar-refractivity contribution in [3.63, 3.8) is 0 Å². The van der Waals surface area contributed by atoms with Crippen molar-refractivity contribution in [2.45, 2.75) is 38.6 Å². The van der Waals surface area contributed by atoms with E-state index in [1.807, 2.05) is 12.1 Å². The van der Waals surface area contributed by atoms with Gasteiger partial charge in [0.15, 0.2) is 5.96 Å². The van der Waals surface area contributed by atoms with Gasteiger partial charge in [0.05, 0.1) is 6.26 Å². The van der Waals surface area contributed by atoms with Gasteiger partial charge in [0.2, 0.25) is 0 Å². The molecule has 2 N–H and O–H groups in total. The van der Waals surface area contributed by atoms with Gasteiger partial charge in [-0.2, -0.15) is 0 Å². The highest BCUT2D eigenvalue weighted by Gasteiger charge is 2.19. The van der Waals surface area contributed by atoms with Gasteiger partial charge in [-0.25, -0.2) is 0 Å². The number of hydrogen-bond donors (Lipinski definition) is 2. The third-order valence-electron chi connectivity index (χ3n) is 5.18. The molecule has 0 radical (unpaired) electrons. The van der Waals surface area contributed by atoms with Crippen molar-refractivity contribution >= 4 is 29.9 Å². The lowest BCUT2D eigenvalue weighted by Crippen LogP contribution is -2.49. The van der Waals surface area contributed by atoms with Crippen LogP contribution >= 0.6 is 24.0 Å².